The van der Waals surface area contributed by atoms with E-state index in [9.17, 15) is 23.5 Å². The lowest BCUT2D eigenvalue weighted by Gasteiger charge is -2.44. The summed E-state index contributed by atoms with van der Waals surface area (Å²) < 4.78 is 43.5. The predicted molar refractivity (Wildman–Crippen MR) is 116 cm³/mol. The van der Waals surface area contributed by atoms with Crippen molar-refractivity contribution in [2.24, 2.45) is 0 Å². The highest BCUT2D eigenvalue weighted by atomic mass is 19.3. The molecule has 1 unspecified atom stereocenters. The Hall–Kier alpha value is -3.14. The Kier molecular flexibility index (Phi) is 6.04. The molecule has 1 fully saturated rings. The van der Waals surface area contributed by atoms with E-state index in [1.807, 2.05) is 18.9 Å². The molecule has 178 valence electrons. The average molecular weight is 464 g/mol. The molecule has 1 aromatic carbocycles. The minimum absolute atomic E-state index is 0.145. The van der Waals surface area contributed by atoms with E-state index < -0.39 is 18.0 Å². The number of pyridine rings is 1. The topological polar surface area (TPSA) is 90.2 Å². The van der Waals surface area contributed by atoms with Gasteiger partial charge in [0, 0.05) is 38.0 Å². The SMILES string of the molecule is COCCCOc1cc2c(cc1OC(F)F)-c1cc(=O)c(C(=O)O)cn1N1C2CCC1(C)C. The van der Waals surface area contributed by atoms with Gasteiger partial charge in [0.2, 0.25) is 0 Å². The van der Waals surface area contributed by atoms with E-state index >= 15 is 0 Å². The number of carbonyl (C=O) groups is 1. The van der Waals surface area contributed by atoms with Crippen LogP contribution in [0, 0.1) is 0 Å². The maximum Gasteiger partial charge on any atom is 0.387 e. The Morgan fingerprint density at radius 3 is 2.67 bits per heavy atom. The fraction of sp³-hybridized carbons (Fsp3) is 0.478. The molecule has 2 aliphatic heterocycles. The Morgan fingerprint density at radius 1 is 1.24 bits per heavy atom. The summed E-state index contributed by atoms with van der Waals surface area (Å²) in [5.41, 5.74) is 0.405. The van der Waals surface area contributed by atoms with Crippen LogP contribution in [0.25, 0.3) is 11.3 Å². The number of rotatable bonds is 8. The quantitative estimate of drug-likeness (QED) is 0.595. The first-order valence-electron chi connectivity index (χ1n) is 10.7. The molecule has 1 saturated heterocycles. The highest BCUT2D eigenvalue weighted by Crippen LogP contribution is 2.50. The van der Waals surface area contributed by atoms with Crippen molar-refractivity contribution >= 4 is 5.97 Å². The van der Waals surface area contributed by atoms with Crippen molar-refractivity contribution in [1.82, 2.24) is 4.68 Å². The Bertz CT molecular complexity index is 1130. The van der Waals surface area contributed by atoms with Crippen molar-refractivity contribution in [1.29, 1.82) is 0 Å². The standard InChI is InChI=1S/C23H26F2N2O6/c1-23(2)6-5-16-13-9-19(32-8-4-7-31-3)20(33-22(24)25)10-14(13)17-11-18(28)15(21(29)30)12-26(17)27(16)23/h9-12,16,22H,4-8H2,1-3H3,(H,29,30). The van der Waals surface area contributed by atoms with E-state index in [4.69, 9.17) is 14.2 Å². The van der Waals surface area contributed by atoms with Crippen LogP contribution in [0.3, 0.4) is 0 Å². The third kappa shape index (κ3) is 4.15. The van der Waals surface area contributed by atoms with Gasteiger partial charge in [-0.15, -0.1) is 0 Å². The van der Waals surface area contributed by atoms with Gasteiger partial charge in [-0.25, -0.2) is 4.79 Å². The first-order valence-corrected chi connectivity index (χ1v) is 10.7. The lowest BCUT2D eigenvalue weighted by molar-refractivity contribution is -0.0515. The van der Waals surface area contributed by atoms with Gasteiger partial charge in [0.15, 0.2) is 16.9 Å². The number of alkyl halides is 2. The van der Waals surface area contributed by atoms with Gasteiger partial charge in [-0.1, -0.05) is 0 Å². The number of halogens is 2. The second-order valence-electron chi connectivity index (χ2n) is 8.76. The van der Waals surface area contributed by atoms with Gasteiger partial charge < -0.3 is 19.3 Å². The minimum atomic E-state index is -3.06. The number of benzene rings is 1. The summed E-state index contributed by atoms with van der Waals surface area (Å²) in [4.78, 5) is 24.1. The Balaban J connectivity index is 1.90. The number of fused-ring (bicyclic) bond motifs is 6. The number of carboxylic acid groups (broad SMARTS) is 1. The van der Waals surface area contributed by atoms with Crippen molar-refractivity contribution in [3.63, 3.8) is 0 Å². The number of aromatic carboxylic acids is 1. The van der Waals surface area contributed by atoms with Gasteiger partial charge in [-0.05, 0) is 44.4 Å². The van der Waals surface area contributed by atoms with Crippen LogP contribution in [-0.4, -0.2) is 48.2 Å². The van der Waals surface area contributed by atoms with E-state index in [1.165, 1.54) is 18.3 Å². The normalized spacial score (nSPS) is 18.0. The third-order valence-electron chi connectivity index (χ3n) is 6.16. The number of hydrogen-bond acceptors (Lipinski definition) is 6. The number of hydrogen-bond donors (Lipinski definition) is 1. The van der Waals surface area contributed by atoms with Crippen LogP contribution in [0.2, 0.25) is 0 Å². The molecule has 0 saturated carbocycles. The zero-order chi connectivity index (χ0) is 23.9. The molecule has 0 aliphatic carbocycles. The summed E-state index contributed by atoms with van der Waals surface area (Å²) in [6.45, 7) is 1.73. The smallest absolute Gasteiger partial charge is 0.387 e. The van der Waals surface area contributed by atoms with Crippen LogP contribution in [0.4, 0.5) is 8.78 Å². The third-order valence-corrected chi connectivity index (χ3v) is 6.16. The highest BCUT2D eigenvalue weighted by molar-refractivity contribution is 5.88. The van der Waals surface area contributed by atoms with Crippen molar-refractivity contribution in [2.45, 2.75) is 51.3 Å². The number of methoxy groups -OCH3 is 1. The molecule has 1 N–H and O–H groups in total. The van der Waals surface area contributed by atoms with Crippen molar-refractivity contribution in [3.05, 3.63) is 45.7 Å². The monoisotopic (exact) mass is 464 g/mol. The summed E-state index contributed by atoms with van der Waals surface area (Å²) in [6, 6.07) is 4.21. The van der Waals surface area contributed by atoms with E-state index in [0.29, 0.717) is 24.3 Å². The molecule has 0 radical (unpaired) electrons. The minimum Gasteiger partial charge on any atom is -0.490 e. The van der Waals surface area contributed by atoms with Crippen LogP contribution in [0.5, 0.6) is 11.5 Å². The number of ether oxygens (including phenoxy) is 3. The number of aromatic nitrogens is 1. The molecule has 2 aliphatic rings. The molecule has 0 amide bonds. The lowest BCUT2D eigenvalue weighted by atomic mass is 9.93. The van der Waals surface area contributed by atoms with Gasteiger partial charge in [-0.3, -0.25) is 14.5 Å². The molecule has 0 bridgehead atoms. The predicted octanol–water partition coefficient (Wildman–Crippen LogP) is 3.80. The molecule has 10 heteroatoms. The maximum atomic E-state index is 13.2. The zero-order valence-electron chi connectivity index (χ0n) is 18.6. The molecule has 3 heterocycles. The number of nitrogens with zero attached hydrogens (tertiary/aromatic N) is 2. The molecule has 8 nitrogen and oxygen atoms in total. The highest BCUT2D eigenvalue weighted by Gasteiger charge is 2.45. The van der Waals surface area contributed by atoms with Crippen molar-refractivity contribution < 1.29 is 32.9 Å². The van der Waals surface area contributed by atoms with Gasteiger partial charge in [0.05, 0.1) is 23.9 Å². The first kappa shape index (κ1) is 23.0. The van der Waals surface area contributed by atoms with E-state index in [1.54, 1.807) is 17.9 Å². The second-order valence-corrected chi connectivity index (χ2v) is 8.76. The molecule has 2 aromatic rings. The van der Waals surface area contributed by atoms with Gasteiger partial charge in [0.1, 0.15) is 5.56 Å². The molecule has 0 spiro atoms. The Labute approximate surface area is 189 Å². The summed E-state index contributed by atoms with van der Waals surface area (Å²) >= 11 is 0. The van der Waals surface area contributed by atoms with Gasteiger partial charge >= 0.3 is 12.6 Å². The average Bonchev–Trinajstić information content (AvgIpc) is 3.06. The van der Waals surface area contributed by atoms with Gasteiger partial charge in [0.25, 0.3) is 0 Å². The molecule has 33 heavy (non-hydrogen) atoms. The molecular weight excluding hydrogens is 438 g/mol. The van der Waals surface area contributed by atoms with Crippen LogP contribution in [0.1, 0.15) is 55.1 Å². The van der Waals surface area contributed by atoms with E-state index in [-0.39, 0.29) is 35.3 Å². The van der Waals surface area contributed by atoms with Crippen molar-refractivity contribution in [3.8, 4) is 22.8 Å². The Morgan fingerprint density at radius 2 is 2.00 bits per heavy atom. The summed E-state index contributed by atoms with van der Waals surface area (Å²) in [6.07, 6.45) is 3.45. The summed E-state index contributed by atoms with van der Waals surface area (Å²) in [5.74, 6) is -1.28. The van der Waals surface area contributed by atoms with E-state index in [0.717, 1.165) is 18.4 Å². The zero-order valence-corrected chi connectivity index (χ0v) is 18.6. The maximum absolute atomic E-state index is 13.2. The molecule has 1 atom stereocenters. The number of carboxylic acids is 1. The lowest BCUT2D eigenvalue weighted by Crippen LogP contribution is -2.50. The fourth-order valence-electron chi connectivity index (χ4n) is 4.70. The van der Waals surface area contributed by atoms with Crippen LogP contribution >= 0.6 is 0 Å². The summed E-state index contributed by atoms with van der Waals surface area (Å²) in [5, 5.41) is 11.5. The van der Waals surface area contributed by atoms with E-state index in [2.05, 4.69) is 0 Å². The van der Waals surface area contributed by atoms with Crippen molar-refractivity contribution in [2.75, 3.05) is 25.3 Å². The van der Waals surface area contributed by atoms with Crippen LogP contribution in [0.15, 0.2) is 29.2 Å². The molecule has 1 aromatic heterocycles. The largest absolute Gasteiger partial charge is 0.490 e. The first-order chi connectivity index (χ1) is 15.6. The van der Waals surface area contributed by atoms with Gasteiger partial charge in [-0.2, -0.15) is 8.78 Å². The van der Waals surface area contributed by atoms with Crippen LogP contribution in [-0.2, 0) is 4.74 Å². The molecular formula is C23H26F2N2O6. The second kappa shape index (κ2) is 8.66. The molecule has 4 rings (SSSR count). The summed E-state index contributed by atoms with van der Waals surface area (Å²) in [7, 11) is 1.57. The fourth-order valence-corrected chi connectivity index (χ4v) is 4.70. The van der Waals surface area contributed by atoms with Crippen LogP contribution < -0.4 is 19.9 Å².